The van der Waals surface area contributed by atoms with E-state index in [9.17, 15) is 9.46 Å². The summed E-state index contributed by atoms with van der Waals surface area (Å²) >= 11 is 0. The van der Waals surface area contributed by atoms with Crippen LogP contribution in [0.3, 0.4) is 0 Å². The van der Waals surface area contributed by atoms with Gasteiger partial charge in [0.2, 0.25) is 0 Å². The first-order chi connectivity index (χ1) is 20.0. The van der Waals surface area contributed by atoms with E-state index in [1.165, 1.54) is 0 Å². The molecule has 4 aromatic carbocycles. The van der Waals surface area contributed by atoms with Crippen LogP contribution < -0.4 is 43.5 Å². The Kier molecular flexibility index (Phi) is 14.3. The van der Waals surface area contributed by atoms with Crippen molar-refractivity contribution in [3.8, 4) is 11.5 Å². The first kappa shape index (κ1) is 34.1. The van der Waals surface area contributed by atoms with Gasteiger partial charge in [0.05, 0.1) is 0 Å². The molecule has 0 spiro atoms. The van der Waals surface area contributed by atoms with Gasteiger partial charge in [0, 0.05) is 13.2 Å². The minimum Gasteiger partial charge on any atom is -0.736 e. The molecule has 0 aliphatic rings. The summed E-state index contributed by atoms with van der Waals surface area (Å²) in [5.41, 5.74) is 3.88. The molecule has 216 valence electrons. The third kappa shape index (κ3) is 10.4. The molecule has 2 atom stereocenters. The summed E-state index contributed by atoms with van der Waals surface area (Å²) in [6.07, 6.45) is 3.49. The molecular formula is C34H38NaO6P. The van der Waals surface area contributed by atoms with Crippen molar-refractivity contribution in [2.75, 3.05) is 13.2 Å². The van der Waals surface area contributed by atoms with Crippen LogP contribution in [0.25, 0.3) is 0 Å². The summed E-state index contributed by atoms with van der Waals surface area (Å²) < 4.78 is 35.6. The standard InChI is InChI=1S/C34H39O6P.Na/c1-3-5-25-37-33(27-13-9-7-10-14-27)29-17-21-31(22-18-29)39-41(35,36)40-32-23-19-30(20-24-32)34(38-26-6-4-2)28-15-11-8-12-16-28;/h7-24,33-34H,3-6,25-26H2,1-2H3,(H,35,36);/q;+1/p-1. The van der Waals surface area contributed by atoms with E-state index in [1.54, 1.807) is 24.3 Å². The van der Waals surface area contributed by atoms with E-state index in [0.717, 1.165) is 47.9 Å². The number of hydrogen-bond acceptors (Lipinski definition) is 6. The summed E-state index contributed by atoms with van der Waals surface area (Å²) in [6, 6.07) is 33.6. The summed E-state index contributed by atoms with van der Waals surface area (Å²) in [5.74, 6) is 0.329. The Morgan fingerprint density at radius 2 is 0.905 bits per heavy atom. The second kappa shape index (κ2) is 17.6. The van der Waals surface area contributed by atoms with Crippen LogP contribution in [0, 0.1) is 0 Å². The maximum atomic E-state index is 12.7. The summed E-state index contributed by atoms with van der Waals surface area (Å²) in [7, 11) is -4.69. The normalized spacial score (nSPS) is 13.8. The second-order valence-corrected chi connectivity index (χ2v) is 11.1. The molecule has 2 unspecified atom stereocenters. The molecule has 42 heavy (non-hydrogen) atoms. The first-order valence-corrected chi connectivity index (χ1v) is 15.7. The Hall–Kier alpha value is -2.41. The summed E-state index contributed by atoms with van der Waals surface area (Å²) in [6.45, 7) is 5.51. The SMILES string of the molecule is CCCCOC(c1ccccc1)c1ccc(OP(=O)([O-])Oc2ccc(C(OCCCC)c3ccccc3)cc2)cc1.[Na+]. The van der Waals surface area contributed by atoms with Crippen LogP contribution in [0.1, 0.15) is 74.0 Å². The van der Waals surface area contributed by atoms with Gasteiger partial charge in [-0.25, -0.2) is 4.57 Å². The van der Waals surface area contributed by atoms with E-state index < -0.39 is 7.82 Å². The summed E-state index contributed by atoms with van der Waals surface area (Å²) in [5, 5.41) is 0. The van der Waals surface area contributed by atoms with Crippen LogP contribution in [0.4, 0.5) is 0 Å². The van der Waals surface area contributed by atoms with Gasteiger partial charge in [0.25, 0.3) is 0 Å². The molecule has 0 fully saturated rings. The molecule has 0 bridgehead atoms. The molecule has 0 N–H and O–H groups in total. The van der Waals surface area contributed by atoms with Crippen LogP contribution >= 0.6 is 7.82 Å². The van der Waals surface area contributed by atoms with Crippen molar-refractivity contribution in [2.24, 2.45) is 0 Å². The van der Waals surface area contributed by atoms with Crippen molar-refractivity contribution < 1.29 is 57.5 Å². The van der Waals surface area contributed by atoms with E-state index in [0.29, 0.717) is 13.2 Å². The molecular weight excluding hydrogens is 558 g/mol. The van der Waals surface area contributed by atoms with Crippen LogP contribution in [-0.2, 0) is 14.0 Å². The predicted octanol–water partition coefficient (Wildman–Crippen LogP) is 5.43. The van der Waals surface area contributed by atoms with E-state index in [4.69, 9.17) is 18.5 Å². The van der Waals surface area contributed by atoms with E-state index in [-0.39, 0.29) is 53.3 Å². The van der Waals surface area contributed by atoms with E-state index in [1.807, 2.05) is 84.9 Å². The van der Waals surface area contributed by atoms with E-state index in [2.05, 4.69) is 13.8 Å². The molecule has 0 saturated carbocycles. The quantitative estimate of drug-likeness (QED) is 0.0976. The van der Waals surface area contributed by atoms with Crippen LogP contribution in [0.2, 0.25) is 0 Å². The molecule has 0 amide bonds. The molecule has 0 aromatic heterocycles. The van der Waals surface area contributed by atoms with Gasteiger partial charge < -0.3 is 23.4 Å². The molecule has 0 saturated heterocycles. The van der Waals surface area contributed by atoms with Gasteiger partial charge in [-0.05, 0) is 59.4 Å². The van der Waals surface area contributed by atoms with Gasteiger partial charge in [-0.3, -0.25) is 0 Å². The fourth-order valence-electron chi connectivity index (χ4n) is 4.40. The third-order valence-electron chi connectivity index (χ3n) is 6.57. The smallest absolute Gasteiger partial charge is 0.736 e. The molecule has 0 aliphatic heterocycles. The van der Waals surface area contributed by atoms with E-state index >= 15 is 0 Å². The van der Waals surface area contributed by atoms with Crippen molar-refractivity contribution in [3.63, 3.8) is 0 Å². The van der Waals surface area contributed by atoms with Crippen LogP contribution in [-0.4, -0.2) is 13.2 Å². The summed E-state index contributed by atoms with van der Waals surface area (Å²) in [4.78, 5) is 12.7. The number of hydrogen-bond donors (Lipinski definition) is 0. The second-order valence-electron chi connectivity index (χ2n) is 9.80. The van der Waals surface area contributed by atoms with Gasteiger partial charge in [-0.1, -0.05) is 112 Å². The van der Waals surface area contributed by atoms with Crippen molar-refractivity contribution in [1.29, 1.82) is 0 Å². The number of benzene rings is 4. The molecule has 8 heteroatoms. The van der Waals surface area contributed by atoms with Crippen molar-refractivity contribution in [2.45, 2.75) is 51.7 Å². The number of ether oxygens (including phenoxy) is 2. The zero-order valence-corrected chi connectivity index (χ0v) is 27.6. The molecule has 0 heterocycles. The molecule has 0 radical (unpaired) electrons. The van der Waals surface area contributed by atoms with Gasteiger partial charge in [-0.2, -0.15) is 0 Å². The topological polar surface area (TPSA) is 77.1 Å². The van der Waals surface area contributed by atoms with Crippen LogP contribution in [0.15, 0.2) is 109 Å². The zero-order chi connectivity index (χ0) is 28.9. The Morgan fingerprint density at radius 1 is 0.571 bits per heavy atom. The van der Waals surface area contributed by atoms with Crippen molar-refractivity contribution in [3.05, 3.63) is 131 Å². The third-order valence-corrected chi connectivity index (χ3v) is 7.44. The molecule has 4 aromatic rings. The Morgan fingerprint density at radius 3 is 1.24 bits per heavy atom. The monoisotopic (exact) mass is 596 g/mol. The molecule has 4 rings (SSSR count). The maximum absolute atomic E-state index is 12.7. The predicted molar refractivity (Wildman–Crippen MR) is 160 cm³/mol. The Bertz CT molecular complexity index is 1250. The fraction of sp³-hybridized carbons (Fsp3) is 0.294. The minimum atomic E-state index is -4.69. The number of phosphoric ester groups is 1. The zero-order valence-electron chi connectivity index (χ0n) is 24.7. The van der Waals surface area contributed by atoms with Gasteiger partial charge in [0.1, 0.15) is 23.7 Å². The average molecular weight is 597 g/mol. The number of phosphoric acid groups is 1. The van der Waals surface area contributed by atoms with Gasteiger partial charge >= 0.3 is 37.4 Å². The fourth-order valence-corrected chi connectivity index (χ4v) is 5.20. The Labute approximate surface area is 271 Å². The van der Waals surface area contributed by atoms with Crippen molar-refractivity contribution >= 4 is 7.82 Å². The maximum Gasteiger partial charge on any atom is 1.00 e. The average Bonchev–Trinajstić information content (AvgIpc) is 2.99. The number of unbranched alkanes of at least 4 members (excludes halogenated alkanes) is 2. The molecule has 0 aliphatic carbocycles. The Balaban J connectivity index is 0.00000484. The molecule has 6 nitrogen and oxygen atoms in total. The van der Waals surface area contributed by atoms with Gasteiger partial charge in [0.15, 0.2) is 0 Å². The van der Waals surface area contributed by atoms with Crippen molar-refractivity contribution in [1.82, 2.24) is 0 Å². The largest absolute Gasteiger partial charge is 1.00 e. The van der Waals surface area contributed by atoms with Gasteiger partial charge in [-0.15, -0.1) is 0 Å². The number of rotatable bonds is 16. The van der Waals surface area contributed by atoms with Crippen LogP contribution in [0.5, 0.6) is 11.5 Å². The first-order valence-electron chi connectivity index (χ1n) is 14.2. The minimum absolute atomic E-state index is 0.